The Morgan fingerprint density at radius 2 is 1.87 bits per heavy atom. The molecule has 1 aliphatic heterocycles. The normalized spacial score (nSPS) is 19.3. The van der Waals surface area contributed by atoms with Crippen LogP contribution in [-0.2, 0) is 25.7 Å². The first kappa shape index (κ1) is 28.2. The number of ether oxygens (including phenoxy) is 2. The molecule has 0 spiro atoms. The van der Waals surface area contributed by atoms with Crippen LogP contribution in [0.1, 0.15) is 66.2 Å². The van der Waals surface area contributed by atoms with Gasteiger partial charge in [0, 0.05) is 36.3 Å². The van der Waals surface area contributed by atoms with Gasteiger partial charge in [0.25, 0.3) is 0 Å². The van der Waals surface area contributed by atoms with Crippen LogP contribution in [0.15, 0.2) is 52.9 Å². The first-order valence-electron chi connectivity index (χ1n) is 12.4. The second kappa shape index (κ2) is 13.8. The number of aromatic nitrogens is 2. The lowest BCUT2D eigenvalue weighted by atomic mass is 10.0. The number of carbonyl (C=O) groups excluding carboxylic acids is 1. The van der Waals surface area contributed by atoms with Crippen molar-refractivity contribution >= 4 is 40.7 Å². The molecule has 2 heterocycles. The summed E-state index contributed by atoms with van der Waals surface area (Å²) in [6.07, 6.45) is 0.979. The zero-order chi connectivity index (χ0) is 26.9. The van der Waals surface area contributed by atoms with Gasteiger partial charge in [0.15, 0.2) is 10.6 Å². The molecule has 2 aromatic carbocycles. The molecule has 0 unspecified atom stereocenters. The van der Waals surface area contributed by atoms with Crippen LogP contribution in [0.4, 0.5) is 5.69 Å². The fourth-order valence-corrected chi connectivity index (χ4v) is 5.93. The molecule has 1 amide bonds. The van der Waals surface area contributed by atoms with Gasteiger partial charge in [-0.25, -0.2) is 0 Å². The first-order chi connectivity index (χ1) is 18.4. The molecule has 0 bridgehead atoms. The molecule has 3 N–H and O–H groups in total. The number of aliphatic carboxylic acids is 1. The number of carboxylic acids is 1. The Morgan fingerprint density at radius 1 is 1.08 bits per heavy atom. The number of amides is 1. The van der Waals surface area contributed by atoms with Crippen LogP contribution >= 0.6 is 23.1 Å². The summed E-state index contributed by atoms with van der Waals surface area (Å²) in [5.74, 6) is -0.336. The molecule has 1 aromatic heterocycles. The zero-order valence-electron chi connectivity index (χ0n) is 21.0. The van der Waals surface area contributed by atoms with Crippen molar-refractivity contribution in [2.45, 2.75) is 68.5 Å². The summed E-state index contributed by atoms with van der Waals surface area (Å²) >= 11 is 3.16. The molecule has 1 fully saturated rings. The highest BCUT2D eigenvalue weighted by atomic mass is 32.2. The second-order valence-corrected chi connectivity index (χ2v) is 11.5. The molecule has 0 radical (unpaired) electrons. The fourth-order valence-electron chi connectivity index (χ4n) is 4.07. The zero-order valence-corrected chi connectivity index (χ0v) is 22.7. The molecule has 1 saturated heterocycles. The summed E-state index contributed by atoms with van der Waals surface area (Å²) in [6, 6.07) is 15.1. The number of hydrogen-bond donors (Lipinski definition) is 3. The van der Waals surface area contributed by atoms with Gasteiger partial charge in [0.05, 0.1) is 18.8 Å². The lowest BCUT2D eigenvalue weighted by molar-refractivity contribution is -0.245. The van der Waals surface area contributed by atoms with E-state index in [9.17, 15) is 14.7 Å². The predicted molar refractivity (Wildman–Crippen MR) is 145 cm³/mol. The highest BCUT2D eigenvalue weighted by Crippen LogP contribution is 2.40. The van der Waals surface area contributed by atoms with Crippen LogP contribution in [0.3, 0.4) is 0 Å². The van der Waals surface area contributed by atoms with E-state index in [1.807, 2.05) is 49.4 Å². The number of unbranched alkanes of at least 4 members (excludes halogenated alkanes) is 1. The number of nitrogens with zero attached hydrogens (tertiary/aromatic N) is 2. The monoisotopic (exact) mass is 557 g/mol. The van der Waals surface area contributed by atoms with Crippen LogP contribution in [0, 0.1) is 6.92 Å². The molecular weight excluding hydrogens is 526 g/mol. The van der Waals surface area contributed by atoms with Crippen molar-refractivity contribution < 1.29 is 29.3 Å². The fraction of sp³-hybridized carbons (Fsp3) is 0.407. The average molecular weight is 558 g/mol. The molecule has 0 aliphatic carbocycles. The Labute approximate surface area is 229 Å². The Hall–Kier alpha value is -2.83. The van der Waals surface area contributed by atoms with Crippen LogP contribution < -0.4 is 5.32 Å². The van der Waals surface area contributed by atoms with E-state index in [0.29, 0.717) is 30.7 Å². The molecule has 4 rings (SSSR count). The van der Waals surface area contributed by atoms with E-state index in [2.05, 4.69) is 15.5 Å². The van der Waals surface area contributed by atoms with E-state index in [-0.39, 0.29) is 37.6 Å². The van der Waals surface area contributed by atoms with Gasteiger partial charge in [-0.1, -0.05) is 59.5 Å². The molecule has 3 aromatic rings. The van der Waals surface area contributed by atoms with E-state index in [1.165, 1.54) is 0 Å². The summed E-state index contributed by atoms with van der Waals surface area (Å²) in [6.45, 7) is 1.91. The van der Waals surface area contributed by atoms with Crippen LogP contribution in [0.2, 0.25) is 0 Å². The Balaban J connectivity index is 1.45. The third-order valence-electron chi connectivity index (χ3n) is 6.00. The number of nitrogens with one attached hydrogen (secondary N) is 1. The van der Waals surface area contributed by atoms with E-state index >= 15 is 0 Å². The molecule has 3 atom stereocenters. The number of benzene rings is 2. The van der Waals surface area contributed by atoms with Crippen molar-refractivity contribution in [3.05, 3.63) is 70.2 Å². The average Bonchev–Trinajstić information content (AvgIpc) is 3.35. The summed E-state index contributed by atoms with van der Waals surface area (Å²) in [5, 5.41) is 30.2. The van der Waals surface area contributed by atoms with Crippen LogP contribution in [-0.4, -0.2) is 44.1 Å². The minimum absolute atomic E-state index is 0.0177. The van der Waals surface area contributed by atoms with Crippen molar-refractivity contribution in [1.29, 1.82) is 0 Å². The third kappa shape index (κ3) is 8.34. The number of carboxylic acid groups (broad SMARTS) is 1. The van der Waals surface area contributed by atoms with E-state index < -0.39 is 12.3 Å². The highest BCUT2D eigenvalue weighted by Gasteiger charge is 2.32. The van der Waals surface area contributed by atoms with Gasteiger partial charge < -0.3 is 25.0 Å². The standard InChI is InChI=1S/C27H31N3O6S2/c1-17-29-30-27(38-17)37-16-22-14-23(19-11-9-18(15-31)10-12-19)36-26(35-22)20-5-4-6-21(13-20)28-24(32)7-2-3-8-25(33)34/h4-6,9-13,22-23,26,31H,2-3,7-8,14-16H2,1H3,(H,28,32)(H,33,34)/t22-,23+,26+/m0/s1. The SMILES string of the molecule is Cc1nnc(SC[C@@H]2C[C@H](c3ccc(CO)cc3)O[C@H](c3cccc(NC(=O)CCCCC(=O)O)c3)O2)s1. The summed E-state index contributed by atoms with van der Waals surface area (Å²) in [5.41, 5.74) is 3.25. The van der Waals surface area contributed by atoms with Crippen molar-refractivity contribution in [3.8, 4) is 0 Å². The number of aliphatic hydroxyl groups is 1. The van der Waals surface area contributed by atoms with Gasteiger partial charge in [-0.15, -0.1) is 10.2 Å². The summed E-state index contributed by atoms with van der Waals surface area (Å²) in [7, 11) is 0. The van der Waals surface area contributed by atoms with Gasteiger partial charge in [0.1, 0.15) is 5.01 Å². The van der Waals surface area contributed by atoms with Gasteiger partial charge in [-0.2, -0.15) is 0 Å². The molecular formula is C27H31N3O6S2. The van der Waals surface area contributed by atoms with Gasteiger partial charge >= 0.3 is 5.97 Å². The highest BCUT2D eigenvalue weighted by molar-refractivity contribution is 8.01. The van der Waals surface area contributed by atoms with Crippen LogP contribution in [0.5, 0.6) is 0 Å². The first-order valence-corrected chi connectivity index (χ1v) is 14.2. The quantitative estimate of drug-likeness (QED) is 0.202. The largest absolute Gasteiger partial charge is 0.481 e. The molecule has 202 valence electrons. The lowest BCUT2D eigenvalue weighted by Gasteiger charge is -2.36. The summed E-state index contributed by atoms with van der Waals surface area (Å²) in [4.78, 5) is 23.0. The number of anilines is 1. The number of carbonyl (C=O) groups is 2. The Kier molecular flexibility index (Phi) is 10.2. The number of rotatable bonds is 12. The number of thioether (sulfide) groups is 1. The molecule has 38 heavy (non-hydrogen) atoms. The topological polar surface area (TPSA) is 131 Å². The van der Waals surface area contributed by atoms with E-state index in [4.69, 9.17) is 14.6 Å². The lowest BCUT2D eigenvalue weighted by Crippen LogP contribution is -2.31. The van der Waals surface area contributed by atoms with Crippen molar-refractivity contribution in [2.75, 3.05) is 11.1 Å². The van der Waals surface area contributed by atoms with Crippen molar-refractivity contribution in [3.63, 3.8) is 0 Å². The molecule has 0 saturated carbocycles. The second-order valence-electron chi connectivity index (χ2n) is 9.02. The Morgan fingerprint density at radius 3 is 2.58 bits per heavy atom. The number of hydrogen-bond acceptors (Lipinski definition) is 9. The van der Waals surface area contributed by atoms with Crippen molar-refractivity contribution in [1.82, 2.24) is 10.2 Å². The van der Waals surface area contributed by atoms with Crippen molar-refractivity contribution in [2.24, 2.45) is 0 Å². The minimum Gasteiger partial charge on any atom is -0.481 e. The maximum absolute atomic E-state index is 12.4. The molecule has 1 aliphatic rings. The number of aliphatic hydroxyl groups excluding tert-OH is 1. The molecule has 9 nitrogen and oxygen atoms in total. The minimum atomic E-state index is -0.858. The maximum Gasteiger partial charge on any atom is 0.303 e. The molecule has 11 heteroatoms. The Bertz CT molecular complexity index is 1220. The van der Waals surface area contributed by atoms with E-state index in [0.717, 1.165) is 26.0 Å². The maximum atomic E-state index is 12.4. The van der Waals surface area contributed by atoms with Gasteiger partial charge in [-0.05, 0) is 43.0 Å². The van der Waals surface area contributed by atoms with Gasteiger partial charge in [-0.3, -0.25) is 9.59 Å². The summed E-state index contributed by atoms with van der Waals surface area (Å²) < 4.78 is 13.7. The van der Waals surface area contributed by atoms with Crippen LogP contribution in [0.25, 0.3) is 0 Å². The van der Waals surface area contributed by atoms with E-state index in [1.54, 1.807) is 29.2 Å². The van der Waals surface area contributed by atoms with Gasteiger partial charge in [0.2, 0.25) is 5.91 Å². The number of aryl methyl sites for hydroxylation is 1. The predicted octanol–water partition coefficient (Wildman–Crippen LogP) is 5.26. The third-order valence-corrected chi connectivity index (χ3v) is 8.11. The smallest absolute Gasteiger partial charge is 0.303 e.